The molecule has 0 N–H and O–H groups in total. The van der Waals surface area contributed by atoms with Crippen molar-refractivity contribution >= 4 is 17.6 Å². The third-order valence-electron chi connectivity index (χ3n) is 2.11. The fraction of sp³-hybridized carbons (Fsp3) is 0.455. The van der Waals surface area contributed by atoms with E-state index in [0.717, 1.165) is 0 Å². The smallest absolute Gasteiger partial charge is 0.462 e. The molecule has 10 heteroatoms. The molecule has 1 aromatic heterocycles. The highest BCUT2D eigenvalue weighted by atomic mass is 35.5. The first kappa shape index (κ1) is 17.4. The number of alkyl halides is 6. The van der Waals surface area contributed by atoms with Crippen molar-refractivity contribution in [1.82, 2.24) is 4.98 Å². The number of carbonyl (C=O) groups excluding carboxylic acids is 1. The summed E-state index contributed by atoms with van der Waals surface area (Å²) in [5, 5.41) is 0. The van der Waals surface area contributed by atoms with E-state index in [9.17, 15) is 26.7 Å². The molecule has 0 fully saturated rings. The number of ether oxygens (including phenoxy) is 2. The van der Waals surface area contributed by atoms with Crippen molar-refractivity contribution < 1.29 is 36.2 Å². The summed E-state index contributed by atoms with van der Waals surface area (Å²) in [7, 11) is 0. The van der Waals surface area contributed by atoms with E-state index in [1.807, 2.05) is 0 Å². The van der Waals surface area contributed by atoms with Crippen LogP contribution in [0.25, 0.3) is 0 Å². The summed E-state index contributed by atoms with van der Waals surface area (Å²) in [6.07, 6.45) is -8.48. The minimum atomic E-state index is -5.18. The summed E-state index contributed by atoms with van der Waals surface area (Å²) < 4.78 is 70.8. The molecule has 21 heavy (non-hydrogen) atoms. The summed E-state index contributed by atoms with van der Waals surface area (Å²) in [5.41, 5.74) is -2.54. The topological polar surface area (TPSA) is 48.4 Å². The number of aromatic nitrogens is 1. The molecule has 1 aromatic rings. The van der Waals surface area contributed by atoms with Crippen LogP contribution in [0.5, 0.6) is 5.75 Å². The van der Waals surface area contributed by atoms with Gasteiger partial charge in [0.2, 0.25) is 0 Å². The molecule has 1 rings (SSSR count). The number of rotatable bonds is 5. The van der Waals surface area contributed by atoms with Crippen LogP contribution in [0.1, 0.15) is 35.1 Å². The van der Waals surface area contributed by atoms with Crippen molar-refractivity contribution in [3.8, 4) is 5.75 Å². The summed E-state index contributed by atoms with van der Waals surface area (Å²) >= 11 is 5.38. The van der Waals surface area contributed by atoms with Crippen LogP contribution in [0.3, 0.4) is 0 Å². The molecule has 0 radical (unpaired) electrons. The van der Waals surface area contributed by atoms with Gasteiger partial charge >= 0.3 is 12.3 Å². The van der Waals surface area contributed by atoms with E-state index in [1.54, 1.807) is 0 Å². The molecule has 0 spiro atoms. The number of carbonyl (C=O) groups is 1. The van der Waals surface area contributed by atoms with Crippen molar-refractivity contribution in [1.29, 1.82) is 0 Å². The van der Waals surface area contributed by atoms with Gasteiger partial charge in [0.05, 0.1) is 18.2 Å². The third kappa shape index (κ3) is 4.69. The lowest BCUT2D eigenvalue weighted by Crippen LogP contribution is -2.21. The molecular weight excluding hydrogens is 325 g/mol. The Bertz CT molecular complexity index is 521. The molecule has 0 aliphatic heterocycles. The van der Waals surface area contributed by atoms with Gasteiger partial charge in [-0.05, 0) is 6.92 Å². The normalized spacial score (nSPS) is 11.6. The fourth-order valence-electron chi connectivity index (χ4n) is 1.43. The van der Waals surface area contributed by atoms with Gasteiger partial charge in [-0.3, -0.25) is 0 Å². The molecule has 1 heterocycles. The average molecular weight is 334 g/mol. The second kappa shape index (κ2) is 6.88. The van der Waals surface area contributed by atoms with Crippen molar-refractivity contribution in [2.75, 3.05) is 6.61 Å². The number of hydrogen-bond acceptors (Lipinski definition) is 4. The lowest BCUT2D eigenvalue weighted by Gasteiger charge is -2.16. The molecule has 4 nitrogen and oxygen atoms in total. The number of nitrogens with zero attached hydrogens (tertiary/aromatic N) is 1. The zero-order chi connectivity index (χ0) is 16.2. The van der Waals surface area contributed by atoms with E-state index in [2.05, 4.69) is 14.5 Å². The summed E-state index contributed by atoms with van der Waals surface area (Å²) in [6, 6.07) is 0.665. The Kier molecular flexibility index (Phi) is 5.70. The Balaban J connectivity index is 3.48. The van der Waals surface area contributed by atoms with Crippen molar-refractivity contribution in [2.45, 2.75) is 25.6 Å². The van der Waals surface area contributed by atoms with Gasteiger partial charge in [-0.15, -0.1) is 24.8 Å². The van der Waals surface area contributed by atoms with Crippen LogP contribution in [0.15, 0.2) is 6.07 Å². The van der Waals surface area contributed by atoms with Crippen LogP contribution >= 0.6 is 11.6 Å². The predicted octanol–water partition coefficient (Wildman–Crippen LogP) is 3.83. The SMILES string of the molecule is CCOC(=O)c1c(OC(F)(F)F)cc(CCl)nc1C(F)F. The second-order valence-corrected chi connectivity index (χ2v) is 3.84. The highest BCUT2D eigenvalue weighted by molar-refractivity contribution is 6.16. The van der Waals surface area contributed by atoms with Gasteiger partial charge < -0.3 is 9.47 Å². The van der Waals surface area contributed by atoms with Crippen LogP contribution in [-0.2, 0) is 10.6 Å². The van der Waals surface area contributed by atoms with Gasteiger partial charge in [-0.2, -0.15) is 0 Å². The third-order valence-corrected chi connectivity index (χ3v) is 2.39. The summed E-state index contributed by atoms with van der Waals surface area (Å²) in [4.78, 5) is 15.0. The Labute approximate surface area is 120 Å². The van der Waals surface area contributed by atoms with E-state index >= 15 is 0 Å². The first-order chi connectivity index (χ1) is 9.69. The van der Waals surface area contributed by atoms with E-state index in [1.165, 1.54) is 6.92 Å². The number of pyridine rings is 1. The maximum Gasteiger partial charge on any atom is 0.573 e. The first-order valence-corrected chi connectivity index (χ1v) is 6.03. The zero-order valence-electron chi connectivity index (χ0n) is 10.5. The second-order valence-electron chi connectivity index (χ2n) is 3.57. The minimum Gasteiger partial charge on any atom is -0.462 e. The molecule has 0 atom stereocenters. The number of halogens is 6. The van der Waals surface area contributed by atoms with Crippen molar-refractivity contribution in [3.05, 3.63) is 23.0 Å². The van der Waals surface area contributed by atoms with Gasteiger partial charge in [0.15, 0.2) is 0 Å². The standard InChI is InChI=1S/C11H9ClF5NO3/c1-2-20-10(19)7-6(21-11(15,16)17)3-5(4-12)18-8(7)9(13)14/h3,9H,2,4H2,1H3. The molecule has 0 aliphatic rings. The maximum atomic E-state index is 12.9. The average Bonchev–Trinajstić information content (AvgIpc) is 2.35. The fourth-order valence-corrected chi connectivity index (χ4v) is 1.57. The van der Waals surface area contributed by atoms with E-state index in [0.29, 0.717) is 6.07 Å². The summed E-state index contributed by atoms with van der Waals surface area (Å²) in [6.45, 7) is 1.15. The van der Waals surface area contributed by atoms with Gasteiger partial charge in [-0.1, -0.05) is 0 Å². The molecule has 0 aromatic carbocycles. The van der Waals surface area contributed by atoms with Crippen molar-refractivity contribution in [3.63, 3.8) is 0 Å². The molecule has 118 valence electrons. The van der Waals surface area contributed by atoms with E-state index < -0.39 is 41.6 Å². The Hall–Kier alpha value is -1.64. The van der Waals surface area contributed by atoms with Crippen LogP contribution in [-0.4, -0.2) is 23.9 Å². The molecule has 0 saturated heterocycles. The van der Waals surface area contributed by atoms with Crippen LogP contribution < -0.4 is 4.74 Å². The molecule has 0 amide bonds. The molecule has 0 saturated carbocycles. The summed E-state index contributed by atoms with van der Waals surface area (Å²) in [5.74, 6) is -2.94. The zero-order valence-corrected chi connectivity index (χ0v) is 11.3. The minimum absolute atomic E-state index is 0.218. The largest absolute Gasteiger partial charge is 0.573 e. The first-order valence-electron chi connectivity index (χ1n) is 5.50. The van der Waals surface area contributed by atoms with Crippen molar-refractivity contribution in [2.24, 2.45) is 0 Å². The van der Waals surface area contributed by atoms with Gasteiger partial charge in [0, 0.05) is 6.07 Å². The lowest BCUT2D eigenvalue weighted by atomic mass is 10.1. The highest BCUT2D eigenvalue weighted by Gasteiger charge is 2.36. The predicted molar refractivity (Wildman–Crippen MR) is 61.4 cm³/mol. The molecule has 0 aliphatic carbocycles. The Morgan fingerprint density at radius 2 is 2.05 bits per heavy atom. The quantitative estimate of drug-likeness (QED) is 0.467. The molecule has 0 unspecified atom stereocenters. The number of esters is 1. The van der Waals surface area contributed by atoms with Crippen LogP contribution in [0.2, 0.25) is 0 Å². The van der Waals surface area contributed by atoms with Gasteiger partial charge in [-0.25, -0.2) is 18.6 Å². The highest BCUT2D eigenvalue weighted by Crippen LogP contribution is 2.33. The number of hydrogen-bond donors (Lipinski definition) is 0. The van der Waals surface area contributed by atoms with E-state index in [4.69, 9.17) is 11.6 Å². The monoisotopic (exact) mass is 333 g/mol. The molecular formula is C11H9ClF5NO3. The molecule has 0 bridgehead atoms. The van der Waals surface area contributed by atoms with Gasteiger partial charge in [0.25, 0.3) is 6.43 Å². The Morgan fingerprint density at radius 1 is 1.43 bits per heavy atom. The maximum absolute atomic E-state index is 12.9. The van der Waals surface area contributed by atoms with E-state index in [-0.39, 0.29) is 12.3 Å². The van der Waals surface area contributed by atoms with Crippen LogP contribution in [0.4, 0.5) is 22.0 Å². The Morgan fingerprint density at radius 3 is 2.48 bits per heavy atom. The van der Waals surface area contributed by atoms with Crippen LogP contribution in [0, 0.1) is 0 Å². The van der Waals surface area contributed by atoms with Gasteiger partial charge in [0.1, 0.15) is 17.0 Å². The lowest BCUT2D eigenvalue weighted by molar-refractivity contribution is -0.274.